The highest BCUT2D eigenvalue weighted by Gasteiger charge is 2.24. The number of anilines is 2. The fraction of sp³-hybridized carbons (Fsp3) is 0.500. The highest BCUT2D eigenvalue weighted by molar-refractivity contribution is 5.95. The zero-order valence-corrected chi connectivity index (χ0v) is 12.1. The maximum Gasteiger partial charge on any atom is 0.292 e. The standard InChI is InChI=1S/C14H19N3O4/c1-14(2,8-18)7-15-11-6-10-9(3-4-13(19)16-10)5-12(11)17(20)21/h5-6,15,18H,3-4,7-8H2,1-2H3,(H,16,19). The molecule has 1 aliphatic heterocycles. The van der Waals surface area contributed by atoms with E-state index in [9.17, 15) is 20.0 Å². The summed E-state index contributed by atoms with van der Waals surface area (Å²) < 4.78 is 0. The quantitative estimate of drug-likeness (QED) is 0.568. The van der Waals surface area contributed by atoms with Crippen LogP contribution in [0.1, 0.15) is 25.8 Å². The number of nitro groups is 1. The summed E-state index contributed by atoms with van der Waals surface area (Å²) in [5.41, 5.74) is 1.32. The van der Waals surface area contributed by atoms with Crippen LogP contribution in [0.2, 0.25) is 0 Å². The van der Waals surface area contributed by atoms with Gasteiger partial charge in [0.2, 0.25) is 5.91 Å². The second kappa shape index (κ2) is 5.69. The summed E-state index contributed by atoms with van der Waals surface area (Å²) >= 11 is 0. The lowest BCUT2D eigenvalue weighted by molar-refractivity contribution is -0.384. The number of rotatable bonds is 5. The van der Waals surface area contributed by atoms with Crippen molar-refractivity contribution in [3.05, 3.63) is 27.8 Å². The van der Waals surface area contributed by atoms with Crippen LogP contribution in [-0.4, -0.2) is 29.1 Å². The van der Waals surface area contributed by atoms with Crippen molar-refractivity contribution < 1.29 is 14.8 Å². The molecule has 7 nitrogen and oxygen atoms in total. The SMILES string of the molecule is CC(C)(CO)CNc1cc2c(cc1[N+](=O)[O-])CCC(=O)N2. The van der Waals surface area contributed by atoms with Crippen LogP contribution >= 0.6 is 0 Å². The minimum Gasteiger partial charge on any atom is -0.396 e. The summed E-state index contributed by atoms with van der Waals surface area (Å²) in [5, 5.41) is 26.2. The number of benzene rings is 1. The molecule has 1 heterocycles. The number of carbonyl (C=O) groups is 1. The van der Waals surface area contributed by atoms with Gasteiger partial charge >= 0.3 is 0 Å². The van der Waals surface area contributed by atoms with Gasteiger partial charge in [0, 0.05) is 36.7 Å². The number of carbonyl (C=O) groups excluding carboxylic acids is 1. The Morgan fingerprint density at radius 3 is 2.76 bits per heavy atom. The van der Waals surface area contributed by atoms with Gasteiger partial charge in [-0.2, -0.15) is 0 Å². The molecule has 1 amide bonds. The third-order valence-electron chi connectivity index (χ3n) is 3.50. The van der Waals surface area contributed by atoms with Crippen LogP contribution in [0.3, 0.4) is 0 Å². The van der Waals surface area contributed by atoms with E-state index in [0.717, 1.165) is 5.56 Å². The molecule has 21 heavy (non-hydrogen) atoms. The number of hydrogen-bond donors (Lipinski definition) is 3. The molecule has 0 aromatic heterocycles. The summed E-state index contributed by atoms with van der Waals surface area (Å²) in [4.78, 5) is 22.2. The Kier molecular flexibility index (Phi) is 4.13. The molecule has 0 radical (unpaired) electrons. The van der Waals surface area contributed by atoms with Crippen LogP contribution in [0.25, 0.3) is 0 Å². The summed E-state index contributed by atoms with van der Waals surface area (Å²) in [6.07, 6.45) is 0.846. The third kappa shape index (κ3) is 3.49. The Hall–Kier alpha value is -2.15. The van der Waals surface area contributed by atoms with Gasteiger partial charge in [0.15, 0.2) is 0 Å². The molecule has 3 N–H and O–H groups in total. The molecule has 0 unspecified atom stereocenters. The Balaban J connectivity index is 2.32. The molecule has 0 fully saturated rings. The van der Waals surface area contributed by atoms with E-state index in [0.29, 0.717) is 30.8 Å². The van der Waals surface area contributed by atoms with Crippen molar-refractivity contribution in [2.45, 2.75) is 26.7 Å². The molecule has 114 valence electrons. The molecular formula is C14H19N3O4. The first kappa shape index (κ1) is 15.2. The van der Waals surface area contributed by atoms with Crippen molar-refractivity contribution in [2.75, 3.05) is 23.8 Å². The predicted molar refractivity (Wildman–Crippen MR) is 79.4 cm³/mol. The number of fused-ring (bicyclic) bond motifs is 1. The Morgan fingerprint density at radius 1 is 1.43 bits per heavy atom. The van der Waals surface area contributed by atoms with Crippen molar-refractivity contribution >= 4 is 23.0 Å². The summed E-state index contributed by atoms with van der Waals surface area (Å²) in [6, 6.07) is 3.10. The van der Waals surface area contributed by atoms with E-state index >= 15 is 0 Å². The Morgan fingerprint density at radius 2 is 2.14 bits per heavy atom. The van der Waals surface area contributed by atoms with Crippen LogP contribution in [0, 0.1) is 15.5 Å². The number of aryl methyl sites for hydroxylation is 1. The van der Waals surface area contributed by atoms with E-state index in [-0.39, 0.29) is 18.2 Å². The molecule has 0 saturated carbocycles. The minimum absolute atomic E-state index is 0.0151. The highest BCUT2D eigenvalue weighted by atomic mass is 16.6. The maximum absolute atomic E-state index is 11.4. The van der Waals surface area contributed by atoms with E-state index in [1.807, 2.05) is 13.8 Å². The van der Waals surface area contributed by atoms with Crippen molar-refractivity contribution in [3.8, 4) is 0 Å². The average Bonchev–Trinajstić information content (AvgIpc) is 2.44. The van der Waals surface area contributed by atoms with Crippen molar-refractivity contribution in [1.29, 1.82) is 0 Å². The lowest BCUT2D eigenvalue weighted by atomic mass is 9.94. The first-order valence-electron chi connectivity index (χ1n) is 6.78. The van der Waals surface area contributed by atoms with Crippen molar-refractivity contribution in [3.63, 3.8) is 0 Å². The third-order valence-corrected chi connectivity index (χ3v) is 3.50. The summed E-state index contributed by atoms with van der Waals surface area (Å²) in [6.45, 7) is 4.06. The second-order valence-corrected chi connectivity index (χ2v) is 6.01. The largest absolute Gasteiger partial charge is 0.396 e. The molecular weight excluding hydrogens is 274 g/mol. The fourth-order valence-corrected chi connectivity index (χ4v) is 2.10. The van der Waals surface area contributed by atoms with Gasteiger partial charge in [0.25, 0.3) is 5.69 Å². The highest BCUT2D eigenvalue weighted by Crippen LogP contribution is 2.34. The van der Waals surface area contributed by atoms with Crippen molar-refractivity contribution in [2.24, 2.45) is 5.41 Å². The van der Waals surface area contributed by atoms with Gasteiger partial charge < -0.3 is 15.7 Å². The normalized spacial score (nSPS) is 14.3. The van der Waals surface area contributed by atoms with Gasteiger partial charge in [-0.05, 0) is 18.1 Å². The van der Waals surface area contributed by atoms with Crippen LogP contribution in [0.4, 0.5) is 17.1 Å². The molecule has 1 aromatic carbocycles. The van der Waals surface area contributed by atoms with Crippen molar-refractivity contribution in [1.82, 2.24) is 0 Å². The fourth-order valence-electron chi connectivity index (χ4n) is 2.10. The second-order valence-electron chi connectivity index (χ2n) is 6.01. The summed E-state index contributed by atoms with van der Waals surface area (Å²) in [7, 11) is 0. The summed E-state index contributed by atoms with van der Waals surface area (Å²) in [5.74, 6) is -0.0852. The average molecular weight is 293 g/mol. The van der Waals surface area contributed by atoms with Gasteiger partial charge in [0.1, 0.15) is 5.69 Å². The van der Waals surface area contributed by atoms with Gasteiger partial charge in [-0.3, -0.25) is 14.9 Å². The number of nitrogens with zero attached hydrogens (tertiary/aromatic N) is 1. The molecule has 7 heteroatoms. The van der Waals surface area contributed by atoms with Crippen LogP contribution in [-0.2, 0) is 11.2 Å². The maximum atomic E-state index is 11.4. The van der Waals surface area contributed by atoms with Crippen LogP contribution < -0.4 is 10.6 Å². The molecule has 0 atom stereocenters. The van der Waals surface area contributed by atoms with E-state index in [1.165, 1.54) is 6.07 Å². The molecule has 1 aromatic rings. The molecule has 0 aliphatic carbocycles. The number of nitrogens with one attached hydrogen (secondary N) is 2. The molecule has 0 spiro atoms. The van der Waals surface area contributed by atoms with E-state index in [2.05, 4.69) is 10.6 Å². The number of amides is 1. The van der Waals surface area contributed by atoms with Gasteiger partial charge in [-0.1, -0.05) is 13.8 Å². The Labute approximate surface area is 122 Å². The van der Waals surface area contributed by atoms with Gasteiger partial charge in [0.05, 0.1) is 4.92 Å². The zero-order valence-electron chi connectivity index (χ0n) is 12.1. The minimum atomic E-state index is -0.439. The lowest BCUT2D eigenvalue weighted by Gasteiger charge is -2.23. The molecule has 1 aliphatic rings. The molecule has 0 bridgehead atoms. The topological polar surface area (TPSA) is 104 Å². The van der Waals surface area contributed by atoms with Gasteiger partial charge in [-0.15, -0.1) is 0 Å². The molecule has 0 saturated heterocycles. The first-order chi connectivity index (χ1) is 9.82. The lowest BCUT2D eigenvalue weighted by Crippen LogP contribution is -2.27. The predicted octanol–water partition coefficient (Wildman–Crippen LogP) is 1.91. The number of hydrogen-bond acceptors (Lipinski definition) is 5. The van der Waals surface area contributed by atoms with E-state index < -0.39 is 10.3 Å². The monoisotopic (exact) mass is 293 g/mol. The zero-order chi connectivity index (χ0) is 15.6. The van der Waals surface area contributed by atoms with Crippen LogP contribution in [0.15, 0.2) is 12.1 Å². The number of aliphatic hydroxyl groups excluding tert-OH is 1. The van der Waals surface area contributed by atoms with E-state index in [4.69, 9.17) is 0 Å². The van der Waals surface area contributed by atoms with Crippen LogP contribution in [0.5, 0.6) is 0 Å². The van der Waals surface area contributed by atoms with Gasteiger partial charge in [-0.25, -0.2) is 0 Å². The Bertz CT molecular complexity index is 584. The molecule has 2 rings (SSSR count). The first-order valence-corrected chi connectivity index (χ1v) is 6.78. The number of aliphatic hydroxyl groups is 1. The van der Waals surface area contributed by atoms with E-state index in [1.54, 1.807) is 6.07 Å². The smallest absolute Gasteiger partial charge is 0.292 e. The number of nitro benzene ring substituents is 1.